The summed E-state index contributed by atoms with van der Waals surface area (Å²) >= 11 is 1.12. The number of nitrogens with two attached hydrogens (primary N) is 1. The average Bonchev–Trinajstić information content (AvgIpc) is 1.58. The Balaban J connectivity index is 0.686. The Kier molecular flexibility index (Phi) is 34.2. The minimum atomic E-state index is -1.73. The van der Waals surface area contributed by atoms with Gasteiger partial charge in [-0.1, -0.05) is 199 Å². The Bertz CT molecular complexity index is 5420. The van der Waals surface area contributed by atoms with Gasteiger partial charge in [0.25, 0.3) is 0 Å². The highest BCUT2D eigenvalue weighted by atomic mass is 33.1. The van der Waals surface area contributed by atoms with E-state index in [2.05, 4.69) is 190 Å². The first-order valence-electron chi connectivity index (χ1n) is 44.7. The molecule has 29 heteroatoms. The van der Waals surface area contributed by atoms with Crippen molar-refractivity contribution in [1.82, 2.24) is 47.4 Å². The van der Waals surface area contributed by atoms with E-state index in [1.165, 1.54) is 69.3 Å². The van der Waals surface area contributed by atoms with Crippen molar-refractivity contribution in [3.63, 3.8) is 0 Å². The summed E-state index contributed by atoms with van der Waals surface area (Å²) in [6.45, 7) is 12.0. The van der Waals surface area contributed by atoms with Gasteiger partial charge in [-0.05, 0) is 152 Å². The first kappa shape index (κ1) is 97.0. The van der Waals surface area contributed by atoms with E-state index in [1.807, 2.05) is 30.3 Å². The number of aliphatic hydroxyl groups excluding tert-OH is 3. The number of hydrogen-bond acceptors (Lipinski definition) is 19. The minimum absolute atomic E-state index is 0.00308. The largest absolute Gasteiger partial charge is 0.394 e. The van der Waals surface area contributed by atoms with E-state index in [0.717, 1.165) is 74.3 Å². The van der Waals surface area contributed by atoms with E-state index < -0.39 is 138 Å². The summed E-state index contributed by atoms with van der Waals surface area (Å²) in [4.78, 5) is 163. The molecular weight excluding hydrogens is 1690 g/mol. The maximum absolute atomic E-state index is 15.5. The summed E-state index contributed by atoms with van der Waals surface area (Å²) in [5, 5.41) is 58.0. The molecule has 1 unspecified atom stereocenters. The smallest absolute Gasteiger partial charge is 0.245 e. The van der Waals surface area contributed by atoms with Crippen molar-refractivity contribution in [2.45, 2.75) is 202 Å². The van der Waals surface area contributed by atoms with E-state index >= 15 is 19.2 Å². The number of likely N-dealkylation sites (N-methyl/N-ethyl adjacent to an activating group) is 1. The van der Waals surface area contributed by atoms with Gasteiger partial charge in [-0.25, -0.2) is 0 Å². The fourth-order valence-corrected chi connectivity index (χ4v) is 21.3. The van der Waals surface area contributed by atoms with Crippen LogP contribution in [0.3, 0.4) is 0 Å². The molecule has 7 aromatic carbocycles. The number of aliphatic hydroxyl groups is 3. The number of thioether (sulfide) groups is 1. The second-order valence-corrected chi connectivity index (χ2v) is 38.7. The number of rotatable bonds is 34. The molecule has 129 heavy (non-hydrogen) atoms. The molecular formula is C100H121N12O14S3+. The van der Waals surface area contributed by atoms with Crippen LogP contribution in [0.5, 0.6) is 0 Å². The molecule has 2 saturated heterocycles. The molecule has 0 saturated carbocycles. The predicted molar refractivity (Wildman–Crippen MR) is 510 cm³/mol. The molecule has 26 nitrogen and oxygen atoms in total. The van der Waals surface area contributed by atoms with E-state index in [0.29, 0.717) is 36.8 Å². The molecule has 11 atom stereocenters. The lowest BCUT2D eigenvalue weighted by Gasteiger charge is -2.29. The number of allylic oxidation sites excluding steroid dienone is 7. The summed E-state index contributed by atoms with van der Waals surface area (Å²) in [5.74, 6) is -9.00. The van der Waals surface area contributed by atoms with E-state index in [-0.39, 0.29) is 98.6 Å². The highest BCUT2D eigenvalue weighted by Gasteiger charge is 2.47. The van der Waals surface area contributed by atoms with Crippen molar-refractivity contribution in [2.75, 3.05) is 62.0 Å². The molecule has 10 amide bonds. The molecule has 7 aromatic rings. The molecule has 4 heterocycles. The number of likely N-dealkylation sites (tertiary alicyclic amines) is 1. The zero-order chi connectivity index (χ0) is 92.1. The lowest BCUT2D eigenvalue weighted by atomic mass is 9.79. The van der Waals surface area contributed by atoms with Gasteiger partial charge in [0, 0.05) is 123 Å². The lowest BCUT2D eigenvalue weighted by Crippen LogP contribution is -2.61. The number of benzene rings is 7. The minimum Gasteiger partial charge on any atom is -0.394 e. The second-order valence-electron chi connectivity index (χ2n) is 34.9. The Hall–Kier alpha value is -11.1. The lowest BCUT2D eigenvalue weighted by molar-refractivity contribution is -0.438. The Labute approximate surface area is 766 Å². The van der Waals surface area contributed by atoms with Crippen LogP contribution in [0.4, 0.5) is 11.4 Å². The van der Waals surface area contributed by atoms with Crippen molar-refractivity contribution in [2.24, 2.45) is 11.7 Å². The Morgan fingerprint density at radius 3 is 2.04 bits per heavy atom. The van der Waals surface area contributed by atoms with Gasteiger partial charge in [0.15, 0.2) is 11.5 Å². The molecule has 13 N–H and O–H groups in total. The van der Waals surface area contributed by atoms with E-state index in [1.54, 1.807) is 60.7 Å². The van der Waals surface area contributed by atoms with Crippen molar-refractivity contribution < 1.29 is 72.6 Å². The third kappa shape index (κ3) is 24.5. The van der Waals surface area contributed by atoms with Gasteiger partial charge in [0.05, 0.1) is 41.6 Å². The zero-order valence-corrected chi connectivity index (χ0v) is 76.8. The zero-order valence-electron chi connectivity index (χ0n) is 74.4. The van der Waals surface area contributed by atoms with Crippen molar-refractivity contribution in [1.29, 1.82) is 0 Å². The standard InChI is InChI=1S/C100H120N12O14S3/c1-62(114)77(59-113)106-96(124)79-61-129-128-60-78(82(116)57-70(54-64-28-12-8-13-29-64)92(120)105-76(56-69-43-42-66-32-19-22-35-71(66)69)95(123)104-74(38-25-26-49-101)93(121)109-91(63(2)115)97(125)108-79)107-94(122)75(55-65-30-14-9-15-31-65)103-87(118)48-53-127-83-58-88(119)112(98(83)126)52-50-102-86(117)41-18-11-27-51-111-81-47-45-68-34-21-24-37-73(68)90(81)100(5,6)85(111)40-17-10-16-39-84-99(3,4)89-72-36-23-20-33-67(72)44-46-80(89)110(84)7/h8-10,12-17,19-24,28-37,39-40,43-47,62-63,70,74-79,83,91,113-115H,11,18,25-27,38,41-42,48-61,101H2,1-7H3,(H7-,102,103,104,105,106,107,108,109,117,118,120,121,122,123,124,125)/p+1/t62-,63-,70-,74+,75-,76-,77-,78+,79+,83?,91+/m1/s1. The van der Waals surface area contributed by atoms with Gasteiger partial charge in [0.2, 0.25) is 64.8 Å². The number of Topliss-reactive ketones (excluding diaryl/α,β-unsaturated/α-hetero) is 1. The van der Waals surface area contributed by atoms with Gasteiger partial charge in [-0.15, -0.1) is 11.8 Å². The van der Waals surface area contributed by atoms with E-state index in [9.17, 15) is 48.9 Å². The number of hydrogen-bond donors (Lipinski definition) is 12. The SMILES string of the molecule is C[C@@H](O)[C@@H]1NC(=O)[C@H](CCCCN)NC(=O)[C@@H](CC2=CCc3ccccc32)NC(=O)[C@H](Cc2ccccc2)CC(=O)[C@@H](NC(=O)[C@@H](Cc2ccccc2)NC(=O)CCSC2CC(=O)N(CCNC(=O)CCCCC[N+]3=C(/C=C/C=C/C=C4/N(C)c5ccc6ccccc6c5C4(C)C)C(C)(C)c4c3ccc3ccccc43)C2=O)CSSC[C@@H](C(=O)N[C@H](CO)[C@@H](C)O)NC1=O. The van der Waals surface area contributed by atoms with Crippen LogP contribution in [0, 0.1) is 5.92 Å². The number of carbonyl (C=O) groups is 11. The molecule has 5 aliphatic rings. The second kappa shape index (κ2) is 45.5. The molecule has 0 aromatic heterocycles. The third-order valence-electron chi connectivity index (χ3n) is 24.9. The van der Waals surface area contributed by atoms with Crippen LogP contribution >= 0.6 is 33.3 Å². The maximum atomic E-state index is 15.5. The molecule has 0 spiro atoms. The number of imide groups is 1. The van der Waals surface area contributed by atoms with Gasteiger partial charge >= 0.3 is 0 Å². The molecule has 4 aliphatic heterocycles. The Morgan fingerprint density at radius 1 is 0.659 bits per heavy atom. The number of anilines is 1. The summed E-state index contributed by atoms with van der Waals surface area (Å²) in [5.41, 5.74) is 16.6. The number of carbonyl (C=O) groups excluding carboxylic acids is 11. The predicted octanol–water partition coefficient (Wildman–Crippen LogP) is 9.48. The normalized spacial score (nSPS) is 21.7. The van der Waals surface area contributed by atoms with Crippen LogP contribution in [-0.2, 0) is 82.8 Å². The fraction of sp³-hybridized carbons (Fsp3) is 0.420. The molecule has 0 radical (unpaired) electrons. The van der Waals surface area contributed by atoms with Crippen LogP contribution in [0.1, 0.15) is 146 Å². The highest BCUT2D eigenvalue weighted by molar-refractivity contribution is 8.76. The van der Waals surface area contributed by atoms with Crippen molar-refractivity contribution in [3.05, 3.63) is 233 Å². The monoisotopic (exact) mass is 1810 g/mol. The molecule has 0 bridgehead atoms. The number of ketones is 1. The summed E-state index contributed by atoms with van der Waals surface area (Å²) in [6.07, 6.45) is 12.7. The van der Waals surface area contributed by atoms with Crippen LogP contribution in [-0.4, -0.2) is 212 Å². The molecule has 682 valence electrons. The molecule has 2 fully saturated rings. The van der Waals surface area contributed by atoms with Crippen LogP contribution < -0.4 is 53.2 Å². The van der Waals surface area contributed by atoms with Gasteiger partial charge in [-0.3, -0.25) is 57.6 Å². The quantitative estimate of drug-likeness (QED) is 0.00587. The molecule has 1 aliphatic carbocycles. The van der Waals surface area contributed by atoms with Crippen molar-refractivity contribution in [3.8, 4) is 0 Å². The van der Waals surface area contributed by atoms with E-state index in [4.69, 9.17) is 5.73 Å². The molecule has 12 rings (SSSR count). The van der Waals surface area contributed by atoms with Gasteiger partial charge in [0.1, 0.15) is 36.8 Å². The Morgan fingerprint density at radius 2 is 1.33 bits per heavy atom. The third-order valence-corrected chi connectivity index (χ3v) is 28.5. The number of amides is 10. The number of unbranched alkanes of at least 4 members (excludes halogenated alkanes) is 3. The van der Waals surface area contributed by atoms with Gasteiger partial charge < -0.3 is 68.5 Å². The summed E-state index contributed by atoms with van der Waals surface area (Å²) in [6, 6.07) is 41.3. The first-order chi connectivity index (χ1) is 62.0. The van der Waals surface area contributed by atoms with Gasteiger partial charge in [-0.2, -0.15) is 4.58 Å². The number of nitrogens with zero attached hydrogens (tertiary/aromatic N) is 3. The fourth-order valence-electron chi connectivity index (χ4n) is 17.9. The maximum Gasteiger partial charge on any atom is 0.245 e. The van der Waals surface area contributed by atoms with Crippen molar-refractivity contribution >= 4 is 142 Å². The first-order valence-corrected chi connectivity index (χ1v) is 48.2. The number of fused-ring (bicyclic) bond motifs is 7. The van der Waals surface area contributed by atoms with Crippen LogP contribution in [0.25, 0.3) is 27.1 Å². The van der Waals surface area contributed by atoms with Crippen LogP contribution in [0.2, 0.25) is 0 Å². The summed E-state index contributed by atoms with van der Waals surface area (Å²) in [7, 11) is 4.13. The highest BCUT2D eigenvalue weighted by Crippen LogP contribution is 2.50. The summed E-state index contributed by atoms with van der Waals surface area (Å²) < 4.78 is 2.42. The average molecular weight is 1810 g/mol. The van der Waals surface area contributed by atoms with Crippen LogP contribution in [0.15, 0.2) is 200 Å². The topological polar surface area (TPSA) is 380 Å². The number of nitrogens with one attached hydrogen (secondary N) is 8.